The maximum atomic E-state index is 13.2. The van der Waals surface area contributed by atoms with Gasteiger partial charge in [0.15, 0.2) is 0 Å². The van der Waals surface area contributed by atoms with E-state index < -0.39 is 40.0 Å². The molecule has 270 valence electrons. The van der Waals surface area contributed by atoms with Crippen LogP contribution in [0.15, 0.2) is 65.7 Å². The SMILES string of the molecule is CN(C)CC/C=C/C(=O)Nc1ccc(S(=O)(=O)N2CC[C@@H](NC(=O)c3[nH]ncc3NC(=O)c3c(Cl)cccc3Cl)C2)cc1.O=C(O)C(F)(F)F. The van der Waals surface area contributed by atoms with Crippen LogP contribution in [0.5, 0.6) is 0 Å². The van der Waals surface area contributed by atoms with Gasteiger partial charge in [0.05, 0.1) is 32.4 Å². The van der Waals surface area contributed by atoms with Gasteiger partial charge in [0.25, 0.3) is 11.8 Å². The third-order valence-electron chi connectivity index (χ3n) is 6.80. The van der Waals surface area contributed by atoms with Crippen molar-refractivity contribution < 1.29 is 45.9 Å². The summed E-state index contributed by atoms with van der Waals surface area (Å²) in [5, 5.41) is 21.9. The second-order valence-electron chi connectivity index (χ2n) is 10.8. The number of H-pyrrole nitrogens is 1. The van der Waals surface area contributed by atoms with Gasteiger partial charge in [-0.15, -0.1) is 0 Å². The van der Waals surface area contributed by atoms with Gasteiger partial charge < -0.3 is 26.0 Å². The number of carboxylic acid groups (broad SMARTS) is 1. The molecule has 14 nitrogen and oxygen atoms in total. The smallest absolute Gasteiger partial charge is 0.475 e. The summed E-state index contributed by atoms with van der Waals surface area (Å²) < 4.78 is 59.5. The summed E-state index contributed by atoms with van der Waals surface area (Å²) in [6.07, 6.45) is 0.520. The fourth-order valence-corrected chi connectivity index (χ4v) is 6.41. The number of aliphatic carboxylic acids is 1. The molecule has 3 amide bonds. The Morgan fingerprint density at radius 3 is 2.26 bits per heavy atom. The number of halogens is 5. The van der Waals surface area contributed by atoms with Gasteiger partial charge in [-0.05, 0) is 69.4 Å². The first-order valence-electron chi connectivity index (χ1n) is 14.5. The Morgan fingerprint density at radius 1 is 1.06 bits per heavy atom. The van der Waals surface area contributed by atoms with Gasteiger partial charge in [-0.2, -0.15) is 22.6 Å². The van der Waals surface area contributed by atoms with E-state index in [0.29, 0.717) is 12.1 Å². The van der Waals surface area contributed by atoms with E-state index in [-0.39, 0.29) is 50.9 Å². The molecule has 0 saturated carbocycles. The molecule has 50 heavy (non-hydrogen) atoms. The number of hydrogen-bond donors (Lipinski definition) is 5. The number of aromatic amines is 1. The molecule has 1 aliphatic rings. The van der Waals surface area contributed by atoms with Crippen LogP contribution in [0.3, 0.4) is 0 Å². The van der Waals surface area contributed by atoms with Crippen LogP contribution in [0.25, 0.3) is 0 Å². The summed E-state index contributed by atoms with van der Waals surface area (Å²) >= 11 is 12.2. The lowest BCUT2D eigenvalue weighted by molar-refractivity contribution is -0.192. The Kier molecular flexibility index (Phi) is 13.9. The topological polar surface area (TPSA) is 194 Å². The predicted octanol–water partition coefficient (Wildman–Crippen LogP) is 4.24. The standard InChI is InChI=1S/C28H31Cl2N7O5S.C2HF3O2/c1-36(2)14-4-3-8-24(38)32-18-9-11-20(12-10-18)43(41,42)37-15-13-19(17-37)33-28(40)26-23(16-31-35-26)34-27(39)25-21(29)6-5-7-22(25)30;3-2(4,5)1(6)7/h3,5-12,16,19H,4,13-15,17H2,1-2H3,(H,31,35)(H,32,38)(H,33,40)(H,34,39);(H,6,7)/b8-3+;/t19-;/m1./s1. The van der Waals surface area contributed by atoms with Gasteiger partial charge in [0, 0.05) is 31.4 Å². The van der Waals surface area contributed by atoms with Crippen LogP contribution < -0.4 is 16.0 Å². The zero-order valence-electron chi connectivity index (χ0n) is 26.4. The number of alkyl halides is 3. The van der Waals surface area contributed by atoms with E-state index in [1.54, 1.807) is 12.1 Å². The van der Waals surface area contributed by atoms with E-state index in [1.165, 1.54) is 53.0 Å². The molecular weight excluding hydrogens is 730 g/mol. The highest BCUT2D eigenvalue weighted by Gasteiger charge is 2.38. The van der Waals surface area contributed by atoms with E-state index in [1.807, 2.05) is 19.0 Å². The van der Waals surface area contributed by atoms with E-state index in [9.17, 15) is 36.0 Å². The minimum atomic E-state index is -5.08. The summed E-state index contributed by atoms with van der Waals surface area (Å²) in [6, 6.07) is 10.1. The fourth-order valence-electron chi connectivity index (χ4n) is 4.34. The number of rotatable bonds is 11. The van der Waals surface area contributed by atoms with Crippen molar-refractivity contribution in [2.24, 2.45) is 0 Å². The normalized spacial score (nSPS) is 15.0. The van der Waals surface area contributed by atoms with Gasteiger partial charge in [-0.1, -0.05) is 35.3 Å². The summed E-state index contributed by atoms with van der Waals surface area (Å²) in [4.78, 5) is 48.8. The number of sulfonamides is 1. The van der Waals surface area contributed by atoms with Crippen LogP contribution >= 0.6 is 23.2 Å². The van der Waals surface area contributed by atoms with Crippen molar-refractivity contribution in [3.05, 3.63) is 82.1 Å². The molecule has 1 atom stereocenters. The Morgan fingerprint density at radius 2 is 1.68 bits per heavy atom. The maximum absolute atomic E-state index is 13.2. The summed E-state index contributed by atoms with van der Waals surface area (Å²) in [5.41, 5.74) is 0.616. The molecule has 2 heterocycles. The van der Waals surface area contributed by atoms with E-state index in [4.69, 9.17) is 33.1 Å². The first-order chi connectivity index (χ1) is 23.4. The lowest BCUT2D eigenvalue weighted by Crippen LogP contribution is -2.39. The number of carboxylic acids is 1. The average Bonchev–Trinajstić information content (AvgIpc) is 3.69. The Hall–Kier alpha value is -4.49. The second-order valence-corrected chi connectivity index (χ2v) is 13.6. The Balaban J connectivity index is 0.000000872. The van der Waals surface area contributed by atoms with Gasteiger partial charge in [0.2, 0.25) is 15.9 Å². The molecule has 0 radical (unpaired) electrons. The molecule has 1 fully saturated rings. The number of benzene rings is 2. The monoisotopic (exact) mass is 761 g/mol. The van der Waals surface area contributed by atoms with Crippen LogP contribution in [0.1, 0.15) is 33.7 Å². The fraction of sp³-hybridized carbons (Fsp3) is 0.300. The third kappa shape index (κ3) is 11.3. The molecule has 1 aliphatic heterocycles. The zero-order chi connectivity index (χ0) is 37.2. The molecule has 4 rings (SSSR count). The highest BCUT2D eigenvalue weighted by molar-refractivity contribution is 7.89. The van der Waals surface area contributed by atoms with Crippen molar-refractivity contribution in [1.82, 2.24) is 24.7 Å². The minimum absolute atomic E-state index is 0.0111. The van der Waals surface area contributed by atoms with Crippen LogP contribution in [0.2, 0.25) is 10.0 Å². The number of aromatic nitrogens is 2. The number of hydrogen-bond acceptors (Lipinski definition) is 8. The van der Waals surface area contributed by atoms with Gasteiger partial charge in [-0.3, -0.25) is 19.5 Å². The number of amides is 3. The van der Waals surface area contributed by atoms with E-state index in [0.717, 1.165) is 13.0 Å². The number of nitrogens with one attached hydrogen (secondary N) is 4. The number of anilines is 2. The predicted molar refractivity (Wildman–Crippen MR) is 179 cm³/mol. The molecule has 1 aromatic heterocycles. The van der Waals surface area contributed by atoms with Gasteiger partial charge in [-0.25, -0.2) is 13.2 Å². The molecule has 0 bridgehead atoms. The van der Waals surface area contributed by atoms with Gasteiger partial charge >= 0.3 is 12.1 Å². The number of carbonyl (C=O) groups is 4. The summed E-state index contributed by atoms with van der Waals surface area (Å²) in [6.45, 7) is 1.07. The number of carbonyl (C=O) groups excluding carboxylic acids is 3. The number of nitrogens with zero attached hydrogens (tertiary/aromatic N) is 3. The maximum Gasteiger partial charge on any atom is 0.490 e. The quantitative estimate of drug-likeness (QED) is 0.178. The minimum Gasteiger partial charge on any atom is -0.475 e. The molecule has 20 heteroatoms. The first-order valence-corrected chi connectivity index (χ1v) is 16.7. The van der Waals surface area contributed by atoms with Crippen molar-refractivity contribution in [2.75, 3.05) is 44.4 Å². The molecule has 0 spiro atoms. The van der Waals surface area contributed by atoms with Crippen molar-refractivity contribution in [2.45, 2.75) is 30.0 Å². The van der Waals surface area contributed by atoms with Crippen molar-refractivity contribution in [3.63, 3.8) is 0 Å². The van der Waals surface area contributed by atoms with Crippen LogP contribution in [-0.2, 0) is 19.6 Å². The highest BCUT2D eigenvalue weighted by Crippen LogP contribution is 2.26. The average molecular weight is 763 g/mol. The molecule has 1 saturated heterocycles. The summed E-state index contributed by atoms with van der Waals surface area (Å²) in [5.74, 6) is -4.25. The Bertz CT molecular complexity index is 1820. The lowest BCUT2D eigenvalue weighted by atomic mass is 10.2. The van der Waals surface area contributed by atoms with Gasteiger partial charge in [0.1, 0.15) is 5.69 Å². The van der Waals surface area contributed by atoms with Crippen molar-refractivity contribution in [1.29, 1.82) is 0 Å². The third-order valence-corrected chi connectivity index (χ3v) is 9.31. The van der Waals surface area contributed by atoms with E-state index in [2.05, 4.69) is 26.1 Å². The molecule has 3 aromatic rings. The van der Waals surface area contributed by atoms with E-state index >= 15 is 0 Å². The first kappa shape index (κ1) is 39.9. The van der Waals surface area contributed by atoms with Crippen LogP contribution in [0, 0.1) is 0 Å². The van der Waals surface area contributed by atoms with Crippen LogP contribution in [-0.4, -0.2) is 103 Å². The Labute approximate surface area is 294 Å². The largest absolute Gasteiger partial charge is 0.490 e. The van der Waals surface area contributed by atoms with Crippen molar-refractivity contribution in [3.8, 4) is 0 Å². The van der Waals surface area contributed by atoms with Crippen LogP contribution in [0.4, 0.5) is 24.5 Å². The molecule has 0 unspecified atom stereocenters. The second kappa shape index (κ2) is 17.4. The molecule has 5 N–H and O–H groups in total. The highest BCUT2D eigenvalue weighted by atomic mass is 35.5. The lowest BCUT2D eigenvalue weighted by Gasteiger charge is -2.17. The summed E-state index contributed by atoms with van der Waals surface area (Å²) in [7, 11) is 0.0481. The van der Waals surface area contributed by atoms with Crippen molar-refractivity contribution >= 4 is 68.3 Å². The molecule has 0 aliphatic carbocycles. The zero-order valence-corrected chi connectivity index (χ0v) is 28.8. The molecule has 2 aromatic carbocycles. The molecular formula is C30H32Cl2F3N7O7S.